The lowest BCUT2D eigenvalue weighted by Gasteiger charge is -2.09. The van der Waals surface area contributed by atoms with E-state index in [2.05, 4.69) is 20.5 Å². The van der Waals surface area contributed by atoms with Crippen LogP contribution in [0.1, 0.15) is 44.3 Å². The van der Waals surface area contributed by atoms with Gasteiger partial charge in [-0.25, -0.2) is 9.67 Å². The zero-order valence-corrected chi connectivity index (χ0v) is 14.0. The van der Waals surface area contributed by atoms with E-state index in [1.807, 2.05) is 18.5 Å². The van der Waals surface area contributed by atoms with E-state index in [1.165, 1.54) is 17.1 Å². The van der Waals surface area contributed by atoms with E-state index in [4.69, 9.17) is 4.42 Å². The van der Waals surface area contributed by atoms with Crippen molar-refractivity contribution in [3.63, 3.8) is 0 Å². The van der Waals surface area contributed by atoms with Crippen LogP contribution in [0.2, 0.25) is 0 Å². The van der Waals surface area contributed by atoms with E-state index in [9.17, 15) is 9.59 Å². The molecule has 0 spiro atoms. The second-order valence-corrected chi connectivity index (χ2v) is 6.49. The molecule has 0 radical (unpaired) electrons. The highest BCUT2D eigenvalue weighted by atomic mass is 16.4. The maximum Gasteiger partial charge on any atom is 0.301 e. The van der Waals surface area contributed by atoms with Gasteiger partial charge in [0, 0.05) is 6.20 Å². The summed E-state index contributed by atoms with van der Waals surface area (Å²) in [5.41, 5.74) is 1.00. The Balaban J connectivity index is 1.71. The number of hydrogen-bond donors (Lipinski definition) is 1. The van der Waals surface area contributed by atoms with Crippen LogP contribution in [-0.4, -0.2) is 30.5 Å². The zero-order valence-electron chi connectivity index (χ0n) is 14.0. The first-order chi connectivity index (χ1) is 12.0. The molecule has 3 aromatic heterocycles. The highest BCUT2D eigenvalue weighted by Gasteiger charge is 2.27. The fourth-order valence-corrected chi connectivity index (χ4v) is 2.70. The number of anilines is 1. The Morgan fingerprint density at radius 3 is 2.84 bits per heavy atom. The van der Waals surface area contributed by atoms with Crippen molar-refractivity contribution in [2.45, 2.75) is 45.2 Å². The molecule has 9 nitrogen and oxygen atoms in total. The molecule has 0 atom stereocenters. The number of nitrogens with one attached hydrogen (secondary N) is 1. The minimum atomic E-state index is -0.430. The highest BCUT2D eigenvalue weighted by molar-refractivity contribution is 5.88. The molecule has 9 heteroatoms. The number of oxazole rings is 1. The molecule has 1 aliphatic carbocycles. The average Bonchev–Trinajstić information content (AvgIpc) is 3.11. The maximum atomic E-state index is 12.7. The Morgan fingerprint density at radius 2 is 2.20 bits per heavy atom. The van der Waals surface area contributed by atoms with Crippen molar-refractivity contribution in [3.05, 3.63) is 34.7 Å². The molecule has 0 aromatic carbocycles. The summed E-state index contributed by atoms with van der Waals surface area (Å²) in [5.74, 6) is -0.354. The largest absolute Gasteiger partial charge is 0.432 e. The molecule has 0 saturated heterocycles. The monoisotopic (exact) mass is 342 g/mol. The third-order valence-electron chi connectivity index (χ3n) is 4.11. The van der Waals surface area contributed by atoms with Gasteiger partial charge in [0.1, 0.15) is 18.3 Å². The molecule has 3 aromatic rings. The fraction of sp³-hybridized carbons (Fsp3) is 0.438. The molecule has 1 amide bonds. The summed E-state index contributed by atoms with van der Waals surface area (Å²) >= 11 is 0. The lowest BCUT2D eigenvalue weighted by Crippen LogP contribution is -2.30. The summed E-state index contributed by atoms with van der Waals surface area (Å²) in [6, 6.07) is 0.457. The van der Waals surface area contributed by atoms with E-state index in [1.54, 1.807) is 6.20 Å². The van der Waals surface area contributed by atoms with Crippen LogP contribution in [0.25, 0.3) is 10.9 Å². The van der Waals surface area contributed by atoms with Gasteiger partial charge >= 0.3 is 6.01 Å². The van der Waals surface area contributed by atoms with Crippen LogP contribution in [0.3, 0.4) is 0 Å². The van der Waals surface area contributed by atoms with Crippen molar-refractivity contribution in [1.29, 1.82) is 0 Å². The Bertz CT molecular complexity index is 981. The van der Waals surface area contributed by atoms with Crippen molar-refractivity contribution in [2.24, 2.45) is 0 Å². The van der Waals surface area contributed by atoms with E-state index in [0.717, 1.165) is 12.8 Å². The molecule has 0 bridgehead atoms. The predicted octanol–water partition coefficient (Wildman–Crippen LogP) is 1.68. The van der Waals surface area contributed by atoms with Gasteiger partial charge in [0.25, 0.3) is 5.56 Å². The first kappa shape index (κ1) is 15.6. The lowest BCUT2D eigenvalue weighted by atomic mass is 10.1. The topological polar surface area (TPSA) is 108 Å². The van der Waals surface area contributed by atoms with Crippen molar-refractivity contribution in [2.75, 3.05) is 5.32 Å². The number of nitrogens with zero attached hydrogens (tertiary/aromatic N) is 5. The normalized spacial score (nSPS) is 14.4. The zero-order chi connectivity index (χ0) is 17.6. The van der Waals surface area contributed by atoms with Crippen molar-refractivity contribution < 1.29 is 9.21 Å². The van der Waals surface area contributed by atoms with E-state index >= 15 is 0 Å². The van der Waals surface area contributed by atoms with Crippen LogP contribution < -0.4 is 10.9 Å². The summed E-state index contributed by atoms with van der Waals surface area (Å²) in [6.07, 6.45) is 6.70. The number of carbonyl (C=O) groups excluding carboxylic acids is 1. The van der Waals surface area contributed by atoms with Gasteiger partial charge in [0.15, 0.2) is 0 Å². The average molecular weight is 342 g/mol. The molecule has 4 rings (SSSR count). The summed E-state index contributed by atoms with van der Waals surface area (Å²) in [7, 11) is 0. The number of hydrogen-bond acceptors (Lipinski definition) is 6. The first-order valence-electron chi connectivity index (χ1n) is 8.22. The number of fused-ring (bicyclic) bond motifs is 1. The third-order valence-corrected chi connectivity index (χ3v) is 4.11. The SMILES string of the molecule is CC(C)c1nn(CC(=O)Nc2ncco2)c(=O)c2cn(C3CC3)nc12. The van der Waals surface area contributed by atoms with Gasteiger partial charge < -0.3 is 4.42 Å². The van der Waals surface area contributed by atoms with Crippen LogP contribution in [0, 0.1) is 0 Å². The first-order valence-corrected chi connectivity index (χ1v) is 8.22. The van der Waals surface area contributed by atoms with Crippen LogP contribution in [0.15, 0.2) is 27.9 Å². The van der Waals surface area contributed by atoms with Gasteiger partial charge in [-0.3, -0.25) is 19.6 Å². The van der Waals surface area contributed by atoms with E-state index in [-0.39, 0.29) is 24.0 Å². The Labute approximate surface area is 142 Å². The predicted molar refractivity (Wildman–Crippen MR) is 89.3 cm³/mol. The molecular formula is C16H18N6O3. The molecule has 1 saturated carbocycles. The summed E-state index contributed by atoms with van der Waals surface area (Å²) in [6.45, 7) is 3.75. The molecule has 25 heavy (non-hydrogen) atoms. The van der Waals surface area contributed by atoms with Crippen LogP contribution >= 0.6 is 0 Å². The number of rotatable bonds is 5. The van der Waals surface area contributed by atoms with Gasteiger partial charge in [-0.2, -0.15) is 10.2 Å². The van der Waals surface area contributed by atoms with Crippen LogP contribution in [0.5, 0.6) is 0 Å². The van der Waals surface area contributed by atoms with E-state index in [0.29, 0.717) is 22.6 Å². The van der Waals surface area contributed by atoms with Gasteiger partial charge in [-0.15, -0.1) is 0 Å². The van der Waals surface area contributed by atoms with Gasteiger partial charge in [0.05, 0.1) is 23.3 Å². The third kappa shape index (κ3) is 2.92. The van der Waals surface area contributed by atoms with Crippen molar-refractivity contribution in [3.8, 4) is 0 Å². The highest BCUT2D eigenvalue weighted by Crippen LogP contribution is 2.35. The summed E-state index contributed by atoms with van der Waals surface area (Å²) in [5, 5.41) is 11.9. The molecule has 1 aliphatic rings. The molecular weight excluding hydrogens is 324 g/mol. The van der Waals surface area contributed by atoms with E-state index < -0.39 is 5.91 Å². The minimum absolute atomic E-state index is 0.0757. The Kier molecular flexibility index (Phi) is 3.63. The standard InChI is InChI=1S/C16H18N6O3/c1-9(2)13-14-11(7-21(20-14)10-3-4-10)15(24)22(19-13)8-12(23)18-16-17-5-6-25-16/h5-7,9-10H,3-4,8H2,1-2H3,(H,17,18,23). The molecule has 3 heterocycles. The summed E-state index contributed by atoms with van der Waals surface area (Å²) < 4.78 is 8.00. The van der Waals surface area contributed by atoms with Gasteiger partial charge in [-0.05, 0) is 18.8 Å². The Morgan fingerprint density at radius 1 is 1.40 bits per heavy atom. The quantitative estimate of drug-likeness (QED) is 0.756. The molecule has 1 fully saturated rings. The summed E-state index contributed by atoms with van der Waals surface area (Å²) in [4.78, 5) is 28.7. The lowest BCUT2D eigenvalue weighted by molar-refractivity contribution is -0.117. The van der Waals surface area contributed by atoms with Crippen molar-refractivity contribution >= 4 is 22.8 Å². The second-order valence-electron chi connectivity index (χ2n) is 6.49. The minimum Gasteiger partial charge on any atom is -0.432 e. The molecule has 0 aliphatic heterocycles. The number of carbonyl (C=O) groups is 1. The van der Waals surface area contributed by atoms with Gasteiger partial charge in [-0.1, -0.05) is 13.8 Å². The smallest absolute Gasteiger partial charge is 0.301 e. The maximum absolute atomic E-state index is 12.7. The van der Waals surface area contributed by atoms with Crippen LogP contribution in [-0.2, 0) is 11.3 Å². The molecule has 1 N–H and O–H groups in total. The van der Waals surface area contributed by atoms with Crippen LogP contribution in [0.4, 0.5) is 6.01 Å². The molecule has 0 unspecified atom stereocenters. The second kappa shape index (κ2) is 5.83. The number of amides is 1. The van der Waals surface area contributed by atoms with Gasteiger partial charge in [0.2, 0.25) is 5.91 Å². The fourth-order valence-electron chi connectivity index (χ4n) is 2.70. The number of aromatic nitrogens is 5. The van der Waals surface area contributed by atoms with Crippen molar-refractivity contribution in [1.82, 2.24) is 24.5 Å². The molecule has 130 valence electrons. The Hall–Kier alpha value is -2.97.